The lowest BCUT2D eigenvalue weighted by atomic mass is 9.85. The molecule has 204 valence electrons. The van der Waals surface area contributed by atoms with E-state index in [2.05, 4.69) is 65.6 Å². The molecule has 9 rings (SSSR count). The number of rotatable bonds is 2. The molecule has 0 fully saturated rings. The summed E-state index contributed by atoms with van der Waals surface area (Å²) in [6.07, 6.45) is 1.84. The first-order valence-corrected chi connectivity index (χ1v) is 15.7. The molecule has 1 aliphatic rings. The number of aromatic nitrogens is 3. The first-order chi connectivity index (χ1) is 21.0. The van der Waals surface area contributed by atoms with E-state index >= 15 is 0 Å². The Morgan fingerprint density at radius 3 is 2.07 bits per heavy atom. The van der Waals surface area contributed by atoms with Crippen LogP contribution in [0.3, 0.4) is 0 Å². The van der Waals surface area contributed by atoms with Gasteiger partial charge in [-0.15, -0.1) is 0 Å². The van der Waals surface area contributed by atoms with Crippen LogP contribution in [0.25, 0.3) is 71.4 Å². The van der Waals surface area contributed by atoms with Crippen LogP contribution in [0.5, 0.6) is 0 Å². The van der Waals surface area contributed by atoms with Gasteiger partial charge in [0.2, 0.25) is 9.84 Å². The van der Waals surface area contributed by atoms with Gasteiger partial charge in [0.25, 0.3) is 0 Å². The van der Waals surface area contributed by atoms with E-state index in [-0.39, 0.29) is 0 Å². The highest BCUT2D eigenvalue weighted by Crippen LogP contribution is 2.47. The highest BCUT2D eigenvalue weighted by molar-refractivity contribution is 7.92. The van der Waals surface area contributed by atoms with E-state index < -0.39 is 9.84 Å². The minimum Gasteiger partial charge on any atom is -0.294 e. The topological polar surface area (TPSA) is 64.8 Å². The summed E-state index contributed by atoms with van der Waals surface area (Å²) in [7, 11) is -3.78. The second kappa shape index (κ2) is 8.60. The van der Waals surface area contributed by atoms with Gasteiger partial charge in [-0.05, 0) is 75.5 Å². The fourth-order valence-electron chi connectivity index (χ4n) is 6.95. The van der Waals surface area contributed by atoms with Crippen molar-refractivity contribution in [1.82, 2.24) is 14.5 Å². The second-order valence-corrected chi connectivity index (χ2v) is 12.9. The van der Waals surface area contributed by atoms with Crippen molar-refractivity contribution in [3.8, 4) is 27.9 Å². The van der Waals surface area contributed by atoms with Gasteiger partial charge in [0.1, 0.15) is 5.82 Å². The third kappa shape index (κ3) is 3.24. The Kier molecular flexibility index (Phi) is 4.86. The Bertz CT molecular complexity index is 2540. The molecule has 1 aliphatic heterocycles. The van der Waals surface area contributed by atoms with Crippen molar-refractivity contribution in [3.63, 3.8) is 0 Å². The van der Waals surface area contributed by atoms with E-state index in [1.165, 1.54) is 0 Å². The number of benzene rings is 6. The number of imidazole rings is 1. The maximum atomic E-state index is 14.1. The minimum atomic E-state index is -3.78. The van der Waals surface area contributed by atoms with E-state index in [0.29, 0.717) is 26.5 Å². The Morgan fingerprint density at radius 2 is 1.33 bits per heavy atom. The fourth-order valence-corrected chi connectivity index (χ4v) is 8.61. The van der Waals surface area contributed by atoms with Crippen LogP contribution in [0.1, 0.15) is 5.82 Å². The van der Waals surface area contributed by atoms with Gasteiger partial charge in [-0.2, -0.15) is 0 Å². The monoisotopic (exact) mass is 573 g/mol. The van der Waals surface area contributed by atoms with Crippen LogP contribution in [0, 0.1) is 6.92 Å². The molecule has 0 amide bonds. The van der Waals surface area contributed by atoms with Crippen molar-refractivity contribution in [2.45, 2.75) is 16.7 Å². The molecule has 5 nitrogen and oxygen atoms in total. The number of fused-ring (bicyclic) bond motifs is 5. The van der Waals surface area contributed by atoms with Gasteiger partial charge in [0.05, 0.1) is 32.0 Å². The maximum absolute atomic E-state index is 14.1. The molecule has 0 atom stereocenters. The van der Waals surface area contributed by atoms with E-state index in [9.17, 15) is 8.42 Å². The van der Waals surface area contributed by atoms with E-state index in [1.54, 1.807) is 12.1 Å². The van der Waals surface area contributed by atoms with Gasteiger partial charge in [-0.3, -0.25) is 9.55 Å². The lowest BCUT2D eigenvalue weighted by Gasteiger charge is -2.22. The van der Waals surface area contributed by atoms with Crippen molar-refractivity contribution in [1.29, 1.82) is 0 Å². The predicted octanol–water partition coefficient (Wildman–Crippen LogP) is 8.67. The first-order valence-electron chi connectivity index (χ1n) is 14.2. The van der Waals surface area contributed by atoms with Crippen LogP contribution in [0.4, 0.5) is 0 Å². The number of aryl methyl sites for hydroxylation is 1. The van der Waals surface area contributed by atoms with Crippen LogP contribution in [-0.2, 0) is 9.84 Å². The van der Waals surface area contributed by atoms with Gasteiger partial charge in [-0.25, -0.2) is 13.4 Å². The number of hydrogen-bond acceptors (Lipinski definition) is 4. The van der Waals surface area contributed by atoms with Crippen LogP contribution < -0.4 is 0 Å². The quantitative estimate of drug-likeness (QED) is 0.194. The molecule has 0 saturated carbocycles. The van der Waals surface area contributed by atoms with Crippen molar-refractivity contribution >= 4 is 53.3 Å². The zero-order valence-corrected chi connectivity index (χ0v) is 23.9. The highest BCUT2D eigenvalue weighted by atomic mass is 32.2. The molecule has 0 radical (unpaired) electrons. The third-order valence-corrected chi connectivity index (χ3v) is 10.5. The number of pyridine rings is 1. The van der Waals surface area contributed by atoms with E-state index in [1.807, 2.05) is 60.2 Å². The molecular formula is C37H23N3O2S. The summed E-state index contributed by atoms with van der Waals surface area (Å²) in [4.78, 5) is 10.0. The first kappa shape index (κ1) is 24.3. The Morgan fingerprint density at radius 1 is 0.651 bits per heavy atom. The summed E-state index contributed by atoms with van der Waals surface area (Å²) in [6.45, 7) is 1.92. The van der Waals surface area contributed by atoms with Crippen molar-refractivity contribution in [2.24, 2.45) is 0 Å². The zero-order chi connectivity index (χ0) is 28.9. The number of nitrogens with zero attached hydrogens (tertiary/aromatic N) is 3. The highest BCUT2D eigenvalue weighted by Gasteiger charge is 2.33. The lowest BCUT2D eigenvalue weighted by molar-refractivity contribution is 0.594. The molecule has 0 N–H and O–H groups in total. The van der Waals surface area contributed by atoms with Crippen LogP contribution in [0.15, 0.2) is 131 Å². The third-order valence-electron chi connectivity index (χ3n) is 8.71. The largest absolute Gasteiger partial charge is 0.294 e. The molecule has 3 heterocycles. The summed E-state index contributed by atoms with van der Waals surface area (Å²) in [5, 5.41) is 5.37. The van der Waals surface area contributed by atoms with Crippen molar-refractivity contribution < 1.29 is 8.42 Å². The normalized spacial score (nSPS) is 13.6. The smallest absolute Gasteiger partial charge is 0.210 e. The number of para-hydroxylation sites is 2. The molecule has 0 spiro atoms. The Hall–Kier alpha value is -5.33. The molecule has 43 heavy (non-hydrogen) atoms. The molecular weight excluding hydrogens is 550 g/mol. The van der Waals surface area contributed by atoms with Gasteiger partial charge in [0.15, 0.2) is 0 Å². The molecule has 0 saturated heterocycles. The lowest BCUT2D eigenvalue weighted by Crippen LogP contribution is -2.15. The van der Waals surface area contributed by atoms with Crippen molar-refractivity contribution in [2.75, 3.05) is 0 Å². The van der Waals surface area contributed by atoms with Gasteiger partial charge in [-0.1, -0.05) is 84.9 Å². The standard InChI is InChI=1S/C37H23N3O2S/c1-22-39-30-16-7-17-32-37(30)40(22)31-19-18-24(21-33(31)43(32,41)42)34-25-11-2-4-13-27(25)35(28-14-5-3-12-26(28)34)29-15-6-9-23-10-8-20-38-36(23)29/h2-21H,1H3. The molecule has 2 aromatic heterocycles. The van der Waals surface area contributed by atoms with Crippen LogP contribution in [0.2, 0.25) is 0 Å². The number of hydrogen-bond donors (Lipinski definition) is 0. The average molecular weight is 574 g/mol. The zero-order valence-electron chi connectivity index (χ0n) is 23.1. The molecule has 0 aliphatic carbocycles. The van der Waals surface area contributed by atoms with E-state index in [4.69, 9.17) is 4.98 Å². The summed E-state index contributed by atoms with van der Waals surface area (Å²) >= 11 is 0. The SMILES string of the molecule is Cc1nc2cccc3c2n1-c1ccc(-c2c4ccccc4c(-c4cccc5cccnc45)c4ccccc24)cc1S3(=O)=O. The average Bonchev–Trinajstić information content (AvgIpc) is 3.38. The second-order valence-electron chi connectivity index (χ2n) is 11.0. The van der Waals surface area contributed by atoms with Crippen molar-refractivity contribution in [3.05, 3.63) is 127 Å². The predicted molar refractivity (Wildman–Crippen MR) is 172 cm³/mol. The molecule has 0 unspecified atom stereocenters. The van der Waals surface area contributed by atoms with Crippen LogP contribution in [-0.4, -0.2) is 23.0 Å². The Labute approximate surface area is 247 Å². The van der Waals surface area contributed by atoms with E-state index in [0.717, 1.165) is 60.5 Å². The summed E-state index contributed by atoms with van der Waals surface area (Å²) in [5.74, 6) is 0.760. The maximum Gasteiger partial charge on any atom is 0.210 e. The van der Waals surface area contributed by atoms with Gasteiger partial charge in [0, 0.05) is 17.1 Å². The fraction of sp³-hybridized carbons (Fsp3) is 0.0270. The van der Waals surface area contributed by atoms with Gasteiger partial charge >= 0.3 is 0 Å². The minimum absolute atomic E-state index is 0.293. The molecule has 0 bridgehead atoms. The molecule has 6 aromatic carbocycles. The summed E-state index contributed by atoms with van der Waals surface area (Å²) < 4.78 is 30.2. The molecule has 6 heteroatoms. The van der Waals surface area contributed by atoms with Crippen LogP contribution >= 0.6 is 0 Å². The molecule has 8 aromatic rings. The summed E-state index contributed by atoms with van der Waals surface area (Å²) in [6, 6.07) is 38.3. The van der Waals surface area contributed by atoms with Gasteiger partial charge < -0.3 is 0 Å². The Balaban J connectivity index is 1.39. The summed E-state index contributed by atoms with van der Waals surface area (Å²) in [5.41, 5.74) is 6.96. The number of sulfone groups is 1.